The minimum Gasteiger partial charge on any atom is -0.464 e. The Balaban J connectivity index is 0.959. The molecule has 0 spiro atoms. The van der Waals surface area contributed by atoms with Crippen LogP contribution in [-0.4, -0.2) is 68.1 Å². The molecule has 1 unspecified atom stereocenters. The molecule has 1 aromatic carbocycles. The van der Waals surface area contributed by atoms with Crippen molar-refractivity contribution >= 4 is 11.6 Å². The van der Waals surface area contributed by atoms with Crippen LogP contribution in [0.2, 0.25) is 0 Å². The van der Waals surface area contributed by atoms with E-state index < -0.39 is 0 Å². The molecule has 6 rings (SSSR count). The van der Waals surface area contributed by atoms with Gasteiger partial charge in [-0.05, 0) is 107 Å². The van der Waals surface area contributed by atoms with Crippen LogP contribution in [0.1, 0.15) is 73.3 Å². The van der Waals surface area contributed by atoms with E-state index in [9.17, 15) is 4.79 Å². The topological polar surface area (TPSA) is 52.0 Å². The van der Waals surface area contributed by atoms with Gasteiger partial charge in [0.05, 0.1) is 6.26 Å². The van der Waals surface area contributed by atoms with Gasteiger partial charge in [0, 0.05) is 60.6 Å². The summed E-state index contributed by atoms with van der Waals surface area (Å²) in [6, 6.07) is 17.6. The lowest BCUT2D eigenvalue weighted by atomic mass is 9.83. The van der Waals surface area contributed by atoms with Gasteiger partial charge in [-0.3, -0.25) is 9.69 Å². The Morgan fingerprint density at radius 1 is 0.923 bits per heavy atom. The maximum atomic E-state index is 12.9. The normalized spacial score (nSPS) is 25.2. The number of piperidine rings is 1. The van der Waals surface area contributed by atoms with Gasteiger partial charge in [-0.1, -0.05) is 18.6 Å². The molecular weight excluding hydrogens is 484 g/mol. The van der Waals surface area contributed by atoms with Crippen molar-refractivity contribution in [1.29, 1.82) is 0 Å². The van der Waals surface area contributed by atoms with Gasteiger partial charge < -0.3 is 19.5 Å². The predicted octanol–water partition coefficient (Wildman–Crippen LogP) is 6.04. The second-order valence-electron chi connectivity index (χ2n) is 12.1. The van der Waals surface area contributed by atoms with Gasteiger partial charge in [0.25, 0.3) is 5.91 Å². The first-order valence-electron chi connectivity index (χ1n) is 15.2. The molecule has 5 aliphatic rings. The molecule has 1 atom stereocenters. The second kappa shape index (κ2) is 12.1. The molecule has 1 N–H and O–H groups in total. The summed E-state index contributed by atoms with van der Waals surface area (Å²) >= 11 is 0. The van der Waals surface area contributed by atoms with Crippen molar-refractivity contribution in [2.45, 2.75) is 63.5 Å². The summed E-state index contributed by atoms with van der Waals surface area (Å²) in [7, 11) is 2.17. The number of piperazine rings is 1. The smallest absolute Gasteiger partial charge is 0.251 e. The van der Waals surface area contributed by atoms with Gasteiger partial charge in [0.15, 0.2) is 0 Å². The summed E-state index contributed by atoms with van der Waals surface area (Å²) in [6.45, 7) is 6.61. The van der Waals surface area contributed by atoms with Crippen molar-refractivity contribution in [3.05, 3.63) is 65.9 Å². The van der Waals surface area contributed by atoms with Crippen LogP contribution in [0.25, 0.3) is 11.3 Å². The molecule has 0 aromatic heterocycles. The molecular formula is C33H44N4O2. The van der Waals surface area contributed by atoms with Crippen molar-refractivity contribution in [2.24, 2.45) is 5.92 Å². The van der Waals surface area contributed by atoms with Gasteiger partial charge in [0.2, 0.25) is 0 Å². The largest absolute Gasteiger partial charge is 0.464 e. The van der Waals surface area contributed by atoms with Crippen LogP contribution in [0.3, 0.4) is 0 Å². The highest BCUT2D eigenvalue weighted by Gasteiger charge is 2.28. The van der Waals surface area contributed by atoms with Crippen molar-refractivity contribution in [2.75, 3.05) is 51.2 Å². The molecule has 2 saturated heterocycles. The van der Waals surface area contributed by atoms with E-state index in [4.69, 9.17) is 4.42 Å². The quantitative estimate of drug-likeness (QED) is 0.405. The SMILES string of the molecule is CN1CCN(c2ccc(C(=O)NC3CCC(CCN4CCCCC4c4coc5cccc-5c4)CC3)cc2)CC1. The number of anilines is 1. The predicted molar refractivity (Wildman–Crippen MR) is 157 cm³/mol. The van der Waals surface area contributed by atoms with E-state index in [-0.39, 0.29) is 5.91 Å². The lowest BCUT2D eigenvalue weighted by molar-refractivity contribution is 0.0915. The molecule has 6 nitrogen and oxygen atoms in total. The zero-order valence-corrected chi connectivity index (χ0v) is 23.5. The zero-order chi connectivity index (χ0) is 26.6. The molecule has 0 bridgehead atoms. The Morgan fingerprint density at radius 3 is 2.51 bits per heavy atom. The molecule has 208 valence electrons. The Bertz CT molecular complexity index is 1170. The number of hydrogen-bond donors (Lipinski definition) is 1. The molecule has 3 aliphatic heterocycles. The number of likely N-dealkylation sites (tertiary alicyclic amines) is 1. The van der Waals surface area contributed by atoms with E-state index in [1.54, 1.807) is 0 Å². The zero-order valence-electron chi connectivity index (χ0n) is 23.5. The number of benzene rings is 1. The number of nitrogens with one attached hydrogen (secondary N) is 1. The molecule has 3 fully saturated rings. The maximum Gasteiger partial charge on any atom is 0.251 e. The average Bonchev–Trinajstić information content (AvgIpc) is 3.46. The van der Waals surface area contributed by atoms with Gasteiger partial charge >= 0.3 is 0 Å². The van der Waals surface area contributed by atoms with E-state index in [1.807, 2.05) is 24.5 Å². The van der Waals surface area contributed by atoms with E-state index in [2.05, 4.69) is 57.4 Å². The lowest BCUT2D eigenvalue weighted by Gasteiger charge is -2.37. The first kappa shape index (κ1) is 26.4. The number of fused-ring (bicyclic) bond motifs is 1. The number of rotatable bonds is 7. The summed E-state index contributed by atoms with van der Waals surface area (Å²) in [5.74, 6) is 1.81. The third-order valence-electron chi connectivity index (χ3n) is 9.45. The van der Waals surface area contributed by atoms with Crippen molar-refractivity contribution in [3.63, 3.8) is 0 Å². The fraction of sp³-hybridized carbons (Fsp3) is 0.545. The highest BCUT2D eigenvalue weighted by atomic mass is 16.3. The Morgan fingerprint density at radius 2 is 1.72 bits per heavy atom. The summed E-state index contributed by atoms with van der Waals surface area (Å²) in [6.07, 6.45) is 11.6. The molecule has 1 aromatic rings. The van der Waals surface area contributed by atoms with Gasteiger partial charge in [-0.25, -0.2) is 0 Å². The van der Waals surface area contributed by atoms with Crippen molar-refractivity contribution < 1.29 is 9.21 Å². The van der Waals surface area contributed by atoms with Crippen LogP contribution in [-0.2, 0) is 0 Å². The third kappa shape index (κ3) is 6.33. The van der Waals surface area contributed by atoms with Gasteiger partial charge in [0.1, 0.15) is 5.76 Å². The Labute approximate surface area is 233 Å². The van der Waals surface area contributed by atoms with Crippen LogP contribution in [0.5, 0.6) is 0 Å². The number of hydrogen-bond acceptors (Lipinski definition) is 5. The van der Waals surface area contributed by atoms with E-state index in [0.29, 0.717) is 12.1 Å². The van der Waals surface area contributed by atoms with Crippen LogP contribution in [0, 0.1) is 5.92 Å². The second-order valence-corrected chi connectivity index (χ2v) is 12.1. The Hall–Kier alpha value is -2.83. The summed E-state index contributed by atoms with van der Waals surface area (Å²) in [4.78, 5) is 20.4. The van der Waals surface area contributed by atoms with Crippen LogP contribution in [0.15, 0.2) is 59.2 Å². The molecule has 0 radical (unpaired) electrons. The number of nitrogens with zero attached hydrogens (tertiary/aromatic N) is 3. The van der Waals surface area contributed by atoms with Crippen molar-refractivity contribution in [3.8, 4) is 11.3 Å². The lowest BCUT2D eigenvalue weighted by Crippen LogP contribution is -2.44. The summed E-state index contributed by atoms with van der Waals surface area (Å²) in [5.41, 5.74) is 4.54. The van der Waals surface area contributed by atoms with E-state index in [1.165, 1.54) is 61.9 Å². The number of carbonyl (C=O) groups is 1. The minimum atomic E-state index is 0.0757. The molecule has 1 amide bonds. The molecule has 39 heavy (non-hydrogen) atoms. The fourth-order valence-corrected chi connectivity index (χ4v) is 6.90. The first-order valence-corrected chi connectivity index (χ1v) is 15.2. The first-order chi connectivity index (χ1) is 19.1. The monoisotopic (exact) mass is 528 g/mol. The fourth-order valence-electron chi connectivity index (χ4n) is 6.90. The third-order valence-corrected chi connectivity index (χ3v) is 9.45. The molecule has 6 heteroatoms. The average molecular weight is 529 g/mol. The van der Waals surface area contributed by atoms with Crippen LogP contribution >= 0.6 is 0 Å². The highest BCUT2D eigenvalue weighted by Crippen LogP contribution is 2.36. The van der Waals surface area contributed by atoms with E-state index >= 15 is 0 Å². The molecule has 2 aliphatic carbocycles. The van der Waals surface area contributed by atoms with Crippen LogP contribution < -0.4 is 10.2 Å². The van der Waals surface area contributed by atoms with Crippen molar-refractivity contribution in [1.82, 2.24) is 15.1 Å². The standard InChI is InChI=1S/C33H44N4O2/c1-35-19-21-36(22-20-35)30-14-10-26(11-15-30)33(38)34-29-12-8-25(9-13-29)16-18-37-17-3-2-6-31(37)28-23-27-5-4-7-32(27)39-24-28/h4-5,7,10-11,14-15,23-25,29,31H,2-3,6,8-9,12-13,16-22H2,1H3,(H,34,38). The number of likely N-dealkylation sites (N-methyl/N-ethyl adjacent to an activating group) is 1. The van der Waals surface area contributed by atoms with Crippen LogP contribution in [0.4, 0.5) is 5.69 Å². The van der Waals surface area contributed by atoms with E-state index in [0.717, 1.165) is 62.8 Å². The summed E-state index contributed by atoms with van der Waals surface area (Å²) in [5, 5.41) is 3.33. The molecule has 3 heterocycles. The number of carbonyl (C=O) groups excluding carboxylic acids is 1. The highest BCUT2D eigenvalue weighted by molar-refractivity contribution is 5.94. The maximum absolute atomic E-state index is 12.9. The molecule has 1 saturated carbocycles. The van der Waals surface area contributed by atoms with Gasteiger partial charge in [-0.2, -0.15) is 0 Å². The Kier molecular flexibility index (Phi) is 8.21. The number of amides is 1. The van der Waals surface area contributed by atoms with Gasteiger partial charge in [-0.15, -0.1) is 0 Å². The summed E-state index contributed by atoms with van der Waals surface area (Å²) < 4.78 is 5.93. The minimum absolute atomic E-state index is 0.0757.